The summed E-state index contributed by atoms with van der Waals surface area (Å²) >= 11 is 0. The molecule has 0 aliphatic carbocycles. The third-order valence-corrected chi connectivity index (χ3v) is 4.17. The van der Waals surface area contributed by atoms with Gasteiger partial charge in [0.2, 0.25) is 0 Å². The van der Waals surface area contributed by atoms with E-state index < -0.39 is 0 Å². The molecule has 1 amide bonds. The molecule has 0 radical (unpaired) electrons. The Labute approximate surface area is 116 Å². The Kier molecular flexibility index (Phi) is 2.16. The Morgan fingerprint density at radius 3 is 2.70 bits per heavy atom. The number of hydrogen-bond acceptors (Lipinski definition) is 2. The minimum absolute atomic E-state index is 0.00297. The lowest BCUT2D eigenvalue weighted by atomic mass is 9.91. The molecule has 2 aliphatic rings. The molecule has 0 bridgehead atoms. The Morgan fingerprint density at radius 2 is 1.85 bits per heavy atom. The average molecular weight is 263 g/mol. The molecular weight excluding hydrogens is 250 g/mol. The fourth-order valence-electron chi connectivity index (χ4n) is 3.24. The van der Waals surface area contributed by atoms with Gasteiger partial charge in [-0.1, -0.05) is 29.8 Å². The van der Waals surface area contributed by atoms with Crippen molar-refractivity contribution in [2.45, 2.75) is 19.4 Å². The number of ketones is 1. The predicted molar refractivity (Wildman–Crippen MR) is 76.1 cm³/mol. The SMILES string of the molecule is Cc1ccc2c(c1)C(=O)CC1c3ccccc3C(=O)N21. The fourth-order valence-corrected chi connectivity index (χ4v) is 3.24. The van der Waals surface area contributed by atoms with Crippen LogP contribution in [0.2, 0.25) is 0 Å². The summed E-state index contributed by atoms with van der Waals surface area (Å²) in [5.41, 5.74) is 4.15. The molecule has 1 unspecified atom stereocenters. The molecular formula is C17H13NO2. The molecule has 2 aromatic carbocycles. The molecule has 0 spiro atoms. The molecule has 20 heavy (non-hydrogen) atoms. The van der Waals surface area contributed by atoms with Gasteiger partial charge in [0.05, 0.1) is 11.7 Å². The lowest BCUT2D eigenvalue weighted by Gasteiger charge is -2.31. The second-order valence-corrected chi connectivity index (χ2v) is 5.43. The highest BCUT2D eigenvalue weighted by Crippen LogP contribution is 2.45. The highest BCUT2D eigenvalue weighted by molar-refractivity contribution is 6.17. The standard InChI is InChI=1S/C17H13NO2/c1-10-6-7-14-13(8-10)16(19)9-15-11-4-2-3-5-12(11)17(20)18(14)15/h2-8,15H,9H2,1H3. The number of anilines is 1. The topological polar surface area (TPSA) is 37.4 Å². The van der Waals surface area contributed by atoms with Gasteiger partial charge in [0.25, 0.3) is 5.91 Å². The maximum Gasteiger partial charge on any atom is 0.259 e. The second kappa shape index (κ2) is 3.79. The molecule has 0 N–H and O–H groups in total. The molecule has 1 atom stereocenters. The van der Waals surface area contributed by atoms with Crippen molar-refractivity contribution in [2.75, 3.05) is 4.90 Å². The van der Waals surface area contributed by atoms with Crippen molar-refractivity contribution < 1.29 is 9.59 Å². The normalized spacial score (nSPS) is 19.6. The smallest absolute Gasteiger partial charge is 0.259 e. The minimum Gasteiger partial charge on any atom is -0.300 e. The number of aryl methyl sites for hydroxylation is 1. The number of carbonyl (C=O) groups excluding carboxylic acids is 2. The van der Waals surface area contributed by atoms with E-state index in [-0.39, 0.29) is 17.7 Å². The number of fused-ring (bicyclic) bond motifs is 5. The summed E-state index contributed by atoms with van der Waals surface area (Å²) in [5.74, 6) is 0.123. The third kappa shape index (κ3) is 1.35. The number of rotatable bonds is 0. The zero-order valence-electron chi connectivity index (χ0n) is 11.1. The van der Waals surface area contributed by atoms with Crippen LogP contribution in [0.4, 0.5) is 5.69 Å². The van der Waals surface area contributed by atoms with E-state index in [2.05, 4.69) is 0 Å². The van der Waals surface area contributed by atoms with Gasteiger partial charge in [0.1, 0.15) is 0 Å². The van der Waals surface area contributed by atoms with E-state index >= 15 is 0 Å². The number of benzene rings is 2. The van der Waals surface area contributed by atoms with Crippen LogP contribution in [-0.2, 0) is 0 Å². The summed E-state index contributed by atoms with van der Waals surface area (Å²) in [6, 6.07) is 13.2. The first-order valence-electron chi connectivity index (χ1n) is 6.73. The van der Waals surface area contributed by atoms with Crippen LogP contribution < -0.4 is 4.90 Å². The van der Waals surface area contributed by atoms with Crippen molar-refractivity contribution in [1.82, 2.24) is 0 Å². The van der Waals surface area contributed by atoms with E-state index in [1.807, 2.05) is 49.4 Å². The Hall–Kier alpha value is -2.42. The van der Waals surface area contributed by atoms with Crippen molar-refractivity contribution in [1.29, 1.82) is 0 Å². The van der Waals surface area contributed by atoms with Crippen molar-refractivity contribution in [3.63, 3.8) is 0 Å². The van der Waals surface area contributed by atoms with Gasteiger partial charge in [0, 0.05) is 17.5 Å². The first kappa shape index (κ1) is 11.4. The number of amides is 1. The molecule has 0 saturated heterocycles. The lowest BCUT2D eigenvalue weighted by molar-refractivity contribution is 0.0946. The zero-order valence-corrected chi connectivity index (χ0v) is 11.1. The van der Waals surface area contributed by atoms with E-state index in [0.717, 1.165) is 22.4 Å². The van der Waals surface area contributed by atoms with Crippen LogP contribution in [0.15, 0.2) is 42.5 Å². The monoisotopic (exact) mass is 263 g/mol. The molecule has 2 heterocycles. The predicted octanol–water partition coefficient (Wildman–Crippen LogP) is 3.28. The average Bonchev–Trinajstić information content (AvgIpc) is 2.73. The van der Waals surface area contributed by atoms with Gasteiger partial charge in [-0.15, -0.1) is 0 Å². The molecule has 0 fully saturated rings. The minimum atomic E-state index is -0.138. The fraction of sp³-hybridized carbons (Fsp3) is 0.176. The van der Waals surface area contributed by atoms with Crippen LogP contribution in [0.25, 0.3) is 0 Å². The lowest BCUT2D eigenvalue weighted by Crippen LogP contribution is -2.34. The van der Waals surface area contributed by atoms with Crippen LogP contribution >= 0.6 is 0 Å². The maximum atomic E-state index is 12.6. The zero-order chi connectivity index (χ0) is 13.9. The van der Waals surface area contributed by atoms with Crippen molar-refractivity contribution in [3.8, 4) is 0 Å². The van der Waals surface area contributed by atoms with E-state index in [9.17, 15) is 9.59 Å². The van der Waals surface area contributed by atoms with Crippen LogP contribution in [0.1, 0.15) is 44.3 Å². The third-order valence-electron chi connectivity index (χ3n) is 4.17. The van der Waals surface area contributed by atoms with Gasteiger partial charge >= 0.3 is 0 Å². The van der Waals surface area contributed by atoms with E-state index in [1.165, 1.54) is 0 Å². The number of hydrogen-bond donors (Lipinski definition) is 0. The summed E-state index contributed by atoms with van der Waals surface area (Å²) < 4.78 is 0. The van der Waals surface area contributed by atoms with Gasteiger partial charge in [0.15, 0.2) is 5.78 Å². The summed E-state index contributed by atoms with van der Waals surface area (Å²) in [7, 11) is 0. The quantitative estimate of drug-likeness (QED) is 0.731. The number of Topliss-reactive ketones (excluding diaryl/α,β-unsaturated/α-hetero) is 1. The first-order valence-corrected chi connectivity index (χ1v) is 6.73. The Balaban J connectivity index is 1.96. The van der Waals surface area contributed by atoms with E-state index in [1.54, 1.807) is 4.90 Å². The largest absolute Gasteiger partial charge is 0.300 e. The molecule has 3 nitrogen and oxygen atoms in total. The molecule has 0 saturated carbocycles. The highest BCUT2D eigenvalue weighted by Gasteiger charge is 2.43. The summed E-state index contributed by atoms with van der Waals surface area (Å²) in [6.07, 6.45) is 0.374. The van der Waals surface area contributed by atoms with Gasteiger partial charge in [-0.2, -0.15) is 0 Å². The molecule has 2 aromatic rings. The van der Waals surface area contributed by atoms with Gasteiger partial charge in [-0.25, -0.2) is 0 Å². The molecule has 4 rings (SSSR count). The van der Waals surface area contributed by atoms with Gasteiger partial charge in [-0.05, 0) is 30.7 Å². The maximum absolute atomic E-state index is 12.6. The molecule has 2 aliphatic heterocycles. The summed E-state index contributed by atoms with van der Waals surface area (Å²) in [6.45, 7) is 1.96. The molecule has 3 heteroatoms. The number of carbonyl (C=O) groups is 2. The van der Waals surface area contributed by atoms with Gasteiger partial charge in [-0.3, -0.25) is 14.5 Å². The van der Waals surface area contributed by atoms with Crippen LogP contribution in [-0.4, -0.2) is 11.7 Å². The first-order chi connectivity index (χ1) is 9.66. The van der Waals surface area contributed by atoms with Crippen LogP contribution in [0.3, 0.4) is 0 Å². The second-order valence-electron chi connectivity index (χ2n) is 5.43. The summed E-state index contributed by atoms with van der Waals surface area (Å²) in [4.78, 5) is 26.7. The highest BCUT2D eigenvalue weighted by atomic mass is 16.2. The molecule has 0 aromatic heterocycles. The van der Waals surface area contributed by atoms with Crippen LogP contribution in [0, 0.1) is 6.92 Å². The Bertz CT molecular complexity index is 763. The van der Waals surface area contributed by atoms with Crippen molar-refractivity contribution in [3.05, 3.63) is 64.7 Å². The Morgan fingerprint density at radius 1 is 1.05 bits per heavy atom. The van der Waals surface area contributed by atoms with Crippen molar-refractivity contribution in [2.24, 2.45) is 0 Å². The van der Waals surface area contributed by atoms with E-state index in [0.29, 0.717) is 12.0 Å². The molecule has 98 valence electrons. The number of nitrogens with zero attached hydrogens (tertiary/aromatic N) is 1. The van der Waals surface area contributed by atoms with Crippen LogP contribution in [0.5, 0.6) is 0 Å². The van der Waals surface area contributed by atoms with Crippen molar-refractivity contribution >= 4 is 17.4 Å². The van der Waals surface area contributed by atoms with E-state index in [4.69, 9.17) is 0 Å². The summed E-state index contributed by atoms with van der Waals surface area (Å²) in [5, 5.41) is 0. The van der Waals surface area contributed by atoms with Gasteiger partial charge < -0.3 is 0 Å².